The second-order valence-corrected chi connectivity index (χ2v) is 13.4. The fourth-order valence-corrected chi connectivity index (χ4v) is 7.68. The summed E-state index contributed by atoms with van der Waals surface area (Å²) in [6.45, 7) is 2.42. The summed E-state index contributed by atoms with van der Waals surface area (Å²) in [5, 5.41) is 16.5. The van der Waals surface area contributed by atoms with Crippen LogP contribution in [-0.2, 0) is 11.3 Å². The van der Waals surface area contributed by atoms with Crippen molar-refractivity contribution in [1.29, 1.82) is 0 Å². The van der Waals surface area contributed by atoms with Gasteiger partial charge in [0.25, 0.3) is 5.91 Å². The molecule has 1 saturated carbocycles. The highest BCUT2D eigenvalue weighted by Crippen LogP contribution is 2.47. The number of nitrogens with zero attached hydrogens (tertiary/aromatic N) is 2. The predicted molar refractivity (Wildman–Crippen MR) is 184 cm³/mol. The largest absolute Gasteiger partial charge is 0.497 e. The van der Waals surface area contributed by atoms with E-state index < -0.39 is 11.5 Å². The fraction of sp³-hybridized carbons (Fsp3) is 0.395. The zero-order valence-corrected chi connectivity index (χ0v) is 27.5. The molecule has 2 fully saturated rings. The topological polar surface area (TPSA) is 122 Å². The van der Waals surface area contributed by atoms with Crippen LogP contribution < -0.4 is 20.1 Å². The molecule has 250 valence electrons. The minimum Gasteiger partial charge on any atom is -0.497 e. The van der Waals surface area contributed by atoms with E-state index in [1.807, 2.05) is 31.3 Å². The summed E-state index contributed by atoms with van der Waals surface area (Å²) in [7, 11) is 3.66. The van der Waals surface area contributed by atoms with Crippen LogP contribution in [0.3, 0.4) is 0 Å². The average molecular weight is 651 g/mol. The van der Waals surface area contributed by atoms with Gasteiger partial charge in [-0.2, -0.15) is 0 Å². The van der Waals surface area contributed by atoms with Crippen LogP contribution in [0.1, 0.15) is 77.1 Å². The molecule has 10 nitrogen and oxygen atoms in total. The first kappa shape index (κ1) is 31.8. The summed E-state index contributed by atoms with van der Waals surface area (Å²) in [6, 6.07) is 18.0. The number of carboxylic acid groups (broad SMARTS) is 1. The minimum absolute atomic E-state index is 0.135. The standard InChI is InChI=1S/C38H42N4O6/c1-41-18-16-38(17-19-41,37(46)39-27-11-8-25(9-12-27)36(44)45)40-35(43)26-10-14-29-31(22-26)42-20-21-48-32-23-28(47-2)13-15-30(32)34(42)33(29)24-6-4-3-5-7-24/h8-15,22-24H,3-7,16-21H2,1-2H3,(H,39,46)(H,40,43)(H,44,45). The Hall–Kier alpha value is -4.83. The zero-order valence-electron chi connectivity index (χ0n) is 27.5. The van der Waals surface area contributed by atoms with Gasteiger partial charge in [0, 0.05) is 46.9 Å². The van der Waals surface area contributed by atoms with Crippen molar-refractivity contribution in [1.82, 2.24) is 14.8 Å². The van der Waals surface area contributed by atoms with E-state index in [9.17, 15) is 19.5 Å². The minimum atomic E-state index is -1.13. The van der Waals surface area contributed by atoms with Gasteiger partial charge in [-0.25, -0.2) is 4.79 Å². The Kier molecular flexibility index (Phi) is 8.60. The highest BCUT2D eigenvalue weighted by atomic mass is 16.5. The van der Waals surface area contributed by atoms with E-state index in [1.54, 1.807) is 19.2 Å². The zero-order chi connectivity index (χ0) is 33.4. The van der Waals surface area contributed by atoms with Crippen molar-refractivity contribution in [2.75, 3.05) is 39.2 Å². The van der Waals surface area contributed by atoms with E-state index in [2.05, 4.69) is 32.2 Å². The maximum Gasteiger partial charge on any atom is 0.335 e. The number of carbonyl (C=O) groups excluding carboxylic acids is 2. The van der Waals surface area contributed by atoms with Crippen molar-refractivity contribution in [3.63, 3.8) is 0 Å². The maximum atomic E-state index is 14.1. The number of piperidine rings is 1. The third-order valence-corrected chi connectivity index (χ3v) is 10.4. The summed E-state index contributed by atoms with van der Waals surface area (Å²) >= 11 is 0. The summed E-state index contributed by atoms with van der Waals surface area (Å²) < 4.78 is 14.1. The molecular weight excluding hydrogens is 608 g/mol. The summed E-state index contributed by atoms with van der Waals surface area (Å²) in [4.78, 5) is 41.4. The molecular formula is C38H42N4O6. The monoisotopic (exact) mass is 650 g/mol. The molecule has 1 saturated heterocycles. The number of carboxylic acids is 1. The van der Waals surface area contributed by atoms with Gasteiger partial charge in [-0.3, -0.25) is 9.59 Å². The van der Waals surface area contributed by atoms with Gasteiger partial charge >= 0.3 is 5.97 Å². The van der Waals surface area contributed by atoms with Gasteiger partial charge in [0.1, 0.15) is 23.6 Å². The molecule has 1 aromatic heterocycles. The Morgan fingerprint density at radius 1 is 0.917 bits per heavy atom. The Balaban J connectivity index is 1.25. The van der Waals surface area contributed by atoms with Crippen molar-refractivity contribution in [3.8, 4) is 22.8 Å². The first-order valence-corrected chi connectivity index (χ1v) is 16.9. The van der Waals surface area contributed by atoms with E-state index in [0.29, 0.717) is 56.3 Å². The number of amides is 2. The van der Waals surface area contributed by atoms with Gasteiger partial charge < -0.3 is 34.7 Å². The molecule has 48 heavy (non-hydrogen) atoms. The van der Waals surface area contributed by atoms with Crippen molar-refractivity contribution >= 4 is 34.4 Å². The number of rotatable bonds is 7. The molecule has 1 aliphatic carbocycles. The van der Waals surface area contributed by atoms with Gasteiger partial charge in [0.15, 0.2) is 0 Å². The molecule has 3 aromatic carbocycles. The molecule has 3 N–H and O–H groups in total. The Labute approximate surface area is 280 Å². The van der Waals surface area contributed by atoms with Crippen LogP contribution in [0.4, 0.5) is 5.69 Å². The lowest BCUT2D eigenvalue weighted by Gasteiger charge is -2.40. The van der Waals surface area contributed by atoms with E-state index in [1.165, 1.54) is 37.0 Å². The highest BCUT2D eigenvalue weighted by molar-refractivity contribution is 6.06. The van der Waals surface area contributed by atoms with E-state index >= 15 is 0 Å². The van der Waals surface area contributed by atoms with Crippen LogP contribution >= 0.6 is 0 Å². The smallest absolute Gasteiger partial charge is 0.335 e. The average Bonchev–Trinajstić information content (AvgIpc) is 3.30. The molecule has 2 aliphatic heterocycles. The van der Waals surface area contributed by atoms with Crippen molar-refractivity contribution in [2.45, 2.75) is 62.9 Å². The lowest BCUT2D eigenvalue weighted by atomic mass is 9.81. The number of nitrogens with one attached hydrogen (secondary N) is 2. The lowest BCUT2D eigenvalue weighted by molar-refractivity contribution is -0.123. The molecule has 0 radical (unpaired) electrons. The highest BCUT2D eigenvalue weighted by Gasteiger charge is 2.42. The number of carbonyl (C=O) groups is 3. The van der Waals surface area contributed by atoms with E-state index in [4.69, 9.17) is 9.47 Å². The number of aromatic nitrogens is 1. The summed E-state index contributed by atoms with van der Waals surface area (Å²) in [6.07, 6.45) is 6.81. The Morgan fingerprint density at radius 3 is 2.35 bits per heavy atom. The second kappa shape index (κ2) is 13.0. The fourth-order valence-electron chi connectivity index (χ4n) is 7.68. The second-order valence-electron chi connectivity index (χ2n) is 13.4. The molecule has 10 heteroatoms. The normalized spacial score (nSPS) is 17.8. The number of methoxy groups -OCH3 is 1. The number of anilines is 1. The first-order chi connectivity index (χ1) is 23.3. The molecule has 0 bridgehead atoms. The van der Waals surface area contributed by atoms with Crippen LogP contribution in [0.15, 0.2) is 60.7 Å². The quantitative estimate of drug-likeness (QED) is 0.215. The van der Waals surface area contributed by atoms with Crippen molar-refractivity contribution < 1.29 is 29.0 Å². The maximum absolute atomic E-state index is 14.1. The van der Waals surface area contributed by atoms with Crippen LogP contribution in [0, 0.1) is 0 Å². The Morgan fingerprint density at radius 2 is 1.65 bits per heavy atom. The Bertz CT molecular complexity index is 1870. The molecule has 0 spiro atoms. The molecule has 3 heterocycles. The summed E-state index contributed by atoms with van der Waals surface area (Å²) in [5.41, 5.74) is 4.49. The number of ether oxygens (including phenoxy) is 2. The van der Waals surface area contributed by atoms with Crippen LogP contribution in [-0.4, -0.2) is 71.7 Å². The number of fused-ring (bicyclic) bond motifs is 5. The van der Waals surface area contributed by atoms with Crippen LogP contribution in [0.2, 0.25) is 0 Å². The number of benzene rings is 3. The number of hydrogen-bond acceptors (Lipinski definition) is 6. The molecule has 7 rings (SSSR count). The van der Waals surface area contributed by atoms with Gasteiger partial charge in [-0.05, 0) is 92.7 Å². The molecule has 4 aromatic rings. The lowest BCUT2D eigenvalue weighted by Crippen LogP contribution is -2.61. The third kappa shape index (κ3) is 5.89. The van der Waals surface area contributed by atoms with Gasteiger partial charge in [0.05, 0.1) is 24.9 Å². The van der Waals surface area contributed by atoms with Crippen molar-refractivity contribution in [3.05, 3.63) is 77.4 Å². The summed E-state index contributed by atoms with van der Waals surface area (Å²) in [5.74, 6) is 0.322. The molecule has 3 aliphatic rings. The molecule has 0 unspecified atom stereocenters. The first-order valence-electron chi connectivity index (χ1n) is 16.9. The molecule has 0 atom stereocenters. The SMILES string of the molecule is COc1ccc2c(c1)OCCn1c-2c(C2CCCCC2)c2ccc(C(=O)NC3(C(=O)Nc4ccc(C(=O)O)cc4)CCN(C)CC3)cc21. The van der Waals surface area contributed by atoms with Crippen molar-refractivity contribution in [2.24, 2.45) is 0 Å². The van der Waals surface area contributed by atoms with Gasteiger partial charge in [-0.1, -0.05) is 25.3 Å². The van der Waals surface area contributed by atoms with E-state index in [-0.39, 0.29) is 17.4 Å². The van der Waals surface area contributed by atoms with Crippen LogP contribution in [0.25, 0.3) is 22.2 Å². The van der Waals surface area contributed by atoms with E-state index in [0.717, 1.165) is 46.5 Å². The van der Waals surface area contributed by atoms with Gasteiger partial charge in [-0.15, -0.1) is 0 Å². The van der Waals surface area contributed by atoms with Crippen LogP contribution in [0.5, 0.6) is 11.5 Å². The third-order valence-electron chi connectivity index (χ3n) is 10.4. The number of hydrogen-bond donors (Lipinski definition) is 3. The predicted octanol–water partition coefficient (Wildman–Crippen LogP) is 6.29. The number of likely N-dealkylation sites (tertiary alicyclic amines) is 1. The van der Waals surface area contributed by atoms with Gasteiger partial charge in [0.2, 0.25) is 5.91 Å². The number of aromatic carboxylic acids is 1. The molecule has 2 amide bonds.